The lowest BCUT2D eigenvalue weighted by atomic mass is 9.98. The number of carboxylic acid groups (broad SMARTS) is 1. The molecule has 2 aromatic carbocycles. The summed E-state index contributed by atoms with van der Waals surface area (Å²) < 4.78 is 5.58. The average Bonchev–Trinajstić information content (AvgIpc) is 3.41. The van der Waals surface area contributed by atoms with Gasteiger partial charge in [-0.05, 0) is 53.4 Å². The summed E-state index contributed by atoms with van der Waals surface area (Å²) in [4.78, 5) is 35.4. The van der Waals surface area contributed by atoms with Gasteiger partial charge in [-0.1, -0.05) is 48.5 Å². The first-order valence-electron chi connectivity index (χ1n) is 11.7. The number of alkyl carbamates (subject to hydrolysis) is 1. The minimum atomic E-state index is -1.28. The molecule has 8 nitrogen and oxygen atoms in total. The Morgan fingerprint density at radius 2 is 1.59 bits per heavy atom. The fourth-order valence-corrected chi connectivity index (χ4v) is 5.13. The predicted molar refractivity (Wildman–Crippen MR) is 125 cm³/mol. The highest BCUT2D eigenvalue weighted by atomic mass is 16.5. The highest BCUT2D eigenvalue weighted by molar-refractivity contribution is 5.83. The average molecular weight is 467 g/mol. The molecule has 4 N–H and O–H groups in total. The third-order valence-electron chi connectivity index (χ3n) is 6.82. The summed E-state index contributed by atoms with van der Waals surface area (Å²) in [6, 6.07) is 15.1. The van der Waals surface area contributed by atoms with Crippen molar-refractivity contribution < 1.29 is 29.3 Å². The Bertz CT molecular complexity index is 1010. The van der Waals surface area contributed by atoms with E-state index in [0.29, 0.717) is 6.54 Å². The van der Waals surface area contributed by atoms with Gasteiger partial charge in [-0.3, -0.25) is 4.79 Å². The van der Waals surface area contributed by atoms with Crippen LogP contribution in [0.25, 0.3) is 11.1 Å². The molecule has 0 radical (unpaired) electrons. The second-order valence-corrected chi connectivity index (χ2v) is 9.10. The van der Waals surface area contributed by atoms with E-state index >= 15 is 0 Å². The molecule has 1 fully saturated rings. The highest BCUT2D eigenvalue weighted by Crippen LogP contribution is 2.44. The van der Waals surface area contributed by atoms with Crippen LogP contribution >= 0.6 is 0 Å². The van der Waals surface area contributed by atoms with Gasteiger partial charge in [0.25, 0.3) is 0 Å². The first kappa shape index (κ1) is 23.8. The van der Waals surface area contributed by atoms with E-state index in [2.05, 4.69) is 34.9 Å². The molecule has 3 atom stereocenters. The van der Waals surface area contributed by atoms with Crippen LogP contribution in [0.15, 0.2) is 48.5 Å². The van der Waals surface area contributed by atoms with Gasteiger partial charge in [-0.25, -0.2) is 9.59 Å². The quantitative estimate of drug-likeness (QED) is 0.450. The molecule has 4 rings (SSSR count). The Hall–Kier alpha value is -3.39. The Morgan fingerprint density at radius 3 is 2.21 bits per heavy atom. The lowest BCUT2D eigenvalue weighted by Crippen LogP contribution is -2.43. The number of rotatable bonds is 9. The molecule has 2 unspecified atom stereocenters. The lowest BCUT2D eigenvalue weighted by Gasteiger charge is -2.16. The minimum Gasteiger partial charge on any atom is -0.480 e. The summed E-state index contributed by atoms with van der Waals surface area (Å²) in [5.74, 6) is -1.25. The van der Waals surface area contributed by atoms with Gasteiger partial charge in [-0.2, -0.15) is 0 Å². The molecule has 0 bridgehead atoms. The van der Waals surface area contributed by atoms with Crippen LogP contribution in [0.2, 0.25) is 0 Å². The number of hydrogen-bond acceptors (Lipinski definition) is 5. The summed E-state index contributed by atoms with van der Waals surface area (Å²) in [6.45, 7) is 0.102. The largest absolute Gasteiger partial charge is 0.480 e. The topological polar surface area (TPSA) is 125 Å². The third-order valence-corrected chi connectivity index (χ3v) is 6.82. The van der Waals surface area contributed by atoms with E-state index in [9.17, 15) is 14.4 Å². The van der Waals surface area contributed by atoms with Crippen molar-refractivity contribution >= 4 is 18.0 Å². The standard InChI is InChI=1S/C26H30N2O6/c29-14-23(25(31)32)28-24(30)12-16-9-10-17(11-16)13-27-26(33)34-15-22-20-7-3-1-5-18(20)19-6-2-4-8-21(19)22/h1-8,16-17,22-23,29H,9-15H2,(H,27,33)(H,28,30)(H,31,32)/t16?,17?,23-/m1/s1. The number of fused-ring (bicyclic) bond motifs is 3. The number of amides is 2. The summed E-state index contributed by atoms with van der Waals surface area (Å²) in [5, 5.41) is 23.2. The Morgan fingerprint density at radius 1 is 0.971 bits per heavy atom. The molecule has 0 aromatic heterocycles. The zero-order chi connectivity index (χ0) is 24.1. The molecule has 2 aliphatic rings. The Kier molecular flexibility index (Phi) is 7.47. The van der Waals surface area contributed by atoms with Crippen LogP contribution in [0.1, 0.15) is 42.7 Å². The van der Waals surface area contributed by atoms with Gasteiger partial charge >= 0.3 is 12.1 Å². The van der Waals surface area contributed by atoms with Gasteiger partial charge in [0.05, 0.1) is 6.61 Å². The number of benzene rings is 2. The van der Waals surface area contributed by atoms with Gasteiger partial charge in [0, 0.05) is 18.9 Å². The number of carbonyl (C=O) groups excluding carboxylic acids is 2. The van der Waals surface area contributed by atoms with Crippen molar-refractivity contribution in [2.75, 3.05) is 19.8 Å². The first-order valence-corrected chi connectivity index (χ1v) is 11.7. The van der Waals surface area contributed by atoms with E-state index in [1.807, 2.05) is 24.3 Å². The van der Waals surface area contributed by atoms with Crippen LogP contribution in [-0.4, -0.2) is 54.0 Å². The molecule has 0 spiro atoms. The van der Waals surface area contributed by atoms with Crippen molar-refractivity contribution in [1.82, 2.24) is 10.6 Å². The number of aliphatic hydroxyl groups excluding tert-OH is 1. The van der Waals surface area contributed by atoms with Gasteiger partial charge in [0.15, 0.2) is 0 Å². The molecule has 34 heavy (non-hydrogen) atoms. The number of carbonyl (C=O) groups is 3. The third kappa shape index (κ3) is 5.39. The van der Waals surface area contributed by atoms with Crippen molar-refractivity contribution in [3.05, 3.63) is 59.7 Å². The molecule has 0 saturated heterocycles. The molecular weight excluding hydrogens is 436 g/mol. The van der Waals surface area contributed by atoms with Crippen LogP contribution in [0.3, 0.4) is 0 Å². The lowest BCUT2D eigenvalue weighted by molar-refractivity contribution is -0.143. The van der Waals surface area contributed by atoms with E-state index in [4.69, 9.17) is 14.9 Å². The number of carboxylic acids is 1. The van der Waals surface area contributed by atoms with Gasteiger partial charge in [-0.15, -0.1) is 0 Å². The summed E-state index contributed by atoms with van der Waals surface area (Å²) in [6.07, 6.45) is 2.25. The van der Waals surface area contributed by atoms with E-state index in [0.717, 1.165) is 19.3 Å². The van der Waals surface area contributed by atoms with Crippen LogP contribution in [0, 0.1) is 11.8 Å². The molecule has 2 aromatic rings. The van der Waals surface area contributed by atoms with Crippen LogP contribution < -0.4 is 10.6 Å². The number of hydrogen-bond donors (Lipinski definition) is 4. The van der Waals surface area contributed by atoms with Crippen LogP contribution in [0.4, 0.5) is 4.79 Å². The molecule has 2 aliphatic carbocycles. The highest BCUT2D eigenvalue weighted by Gasteiger charge is 2.30. The number of aliphatic carboxylic acids is 1. The van der Waals surface area contributed by atoms with Crippen molar-refractivity contribution in [1.29, 1.82) is 0 Å². The molecule has 0 heterocycles. The SMILES string of the molecule is O=C(CC1CCC(CNC(=O)OCC2c3ccccc3-c3ccccc32)C1)N[C@H](CO)C(=O)O. The summed E-state index contributed by atoms with van der Waals surface area (Å²) >= 11 is 0. The Labute approximate surface area is 198 Å². The van der Waals surface area contributed by atoms with E-state index < -0.39 is 24.7 Å². The zero-order valence-corrected chi connectivity index (χ0v) is 18.9. The van der Waals surface area contributed by atoms with E-state index in [-0.39, 0.29) is 36.7 Å². The fraction of sp³-hybridized carbons (Fsp3) is 0.423. The monoisotopic (exact) mass is 466 g/mol. The maximum atomic E-state index is 12.4. The van der Waals surface area contributed by atoms with E-state index in [1.165, 1.54) is 22.3 Å². The van der Waals surface area contributed by atoms with Gasteiger partial charge in [0.1, 0.15) is 12.6 Å². The molecular formula is C26H30N2O6. The summed E-state index contributed by atoms with van der Waals surface area (Å²) in [7, 11) is 0. The van der Waals surface area contributed by atoms with Crippen LogP contribution in [0.5, 0.6) is 0 Å². The van der Waals surface area contributed by atoms with Gasteiger partial charge < -0.3 is 25.6 Å². The summed E-state index contributed by atoms with van der Waals surface area (Å²) in [5.41, 5.74) is 4.70. The Balaban J connectivity index is 1.21. The second kappa shape index (κ2) is 10.7. The van der Waals surface area contributed by atoms with Crippen molar-refractivity contribution in [2.24, 2.45) is 11.8 Å². The van der Waals surface area contributed by atoms with E-state index in [1.54, 1.807) is 0 Å². The maximum absolute atomic E-state index is 12.4. The fourth-order valence-electron chi connectivity index (χ4n) is 5.13. The molecule has 1 saturated carbocycles. The minimum absolute atomic E-state index is 0.0149. The maximum Gasteiger partial charge on any atom is 0.407 e. The second-order valence-electron chi connectivity index (χ2n) is 9.10. The number of aliphatic hydroxyl groups is 1. The van der Waals surface area contributed by atoms with Crippen LogP contribution in [-0.2, 0) is 14.3 Å². The smallest absolute Gasteiger partial charge is 0.407 e. The zero-order valence-electron chi connectivity index (χ0n) is 18.9. The molecule has 0 aliphatic heterocycles. The molecule has 8 heteroatoms. The molecule has 180 valence electrons. The normalized spacial score (nSPS) is 19.7. The van der Waals surface area contributed by atoms with Crippen molar-refractivity contribution in [3.63, 3.8) is 0 Å². The van der Waals surface area contributed by atoms with Gasteiger partial charge in [0.2, 0.25) is 5.91 Å². The van der Waals surface area contributed by atoms with Crippen molar-refractivity contribution in [2.45, 2.75) is 37.6 Å². The molecule has 2 amide bonds. The predicted octanol–water partition coefficient (Wildman–Crippen LogP) is 2.89. The number of nitrogens with one attached hydrogen (secondary N) is 2. The van der Waals surface area contributed by atoms with Crippen molar-refractivity contribution in [3.8, 4) is 11.1 Å². The first-order chi connectivity index (χ1) is 16.5. The number of ether oxygens (including phenoxy) is 1.